The minimum atomic E-state index is 0.297. The smallest absolute Gasteiger partial charge is 0.0755 e. The zero-order chi connectivity index (χ0) is 11.5. The number of thiophene rings is 1. The highest BCUT2D eigenvalue weighted by atomic mass is 32.1. The van der Waals surface area contributed by atoms with E-state index in [4.69, 9.17) is 4.74 Å². The van der Waals surface area contributed by atoms with E-state index in [-0.39, 0.29) is 0 Å². The van der Waals surface area contributed by atoms with Crippen molar-refractivity contribution in [1.82, 2.24) is 15.1 Å². The van der Waals surface area contributed by atoms with Crippen molar-refractivity contribution < 1.29 is 4.74 Å². The van der Waals surface area contributed by atoms with Crippen LogP contribution in [0.1, 0.15) is 17.3 Å². The first kappa shape index (κ1) is 11.0. The van der Waals surface area contributed by atoms with Crippen molar-refractivity contribution in [1.29, 1.82) is 0 Å². The van der Waals surface area contributed by atoms with Crippen LogP contribution >= 0.6 is 11.3 Å². The van der Waals surface area contributed by atoms with Crippen molar-refractivity contribution >= 4 is 11.3 Å². The third-order valence-corrected chi connectivity index (χ3v) is 3.82. The lowest BCUT2D eigenvalue weighted by atomic mass is 10.1. The highest BCUT2D eigenvalue weighted by Crippen LogP contribution is 2.24. The van der Waals surface area contributed by atoms with Gasteiger partial charge in [-0.1, -0.05) is 0 Å². The van der Waals surface area contributed by atoms with Crippen molar-refractivity contribution in [2.24, 2.45) is 0 Å². The Bertz CT molecular complexity index is 440. The Kier molecular flexibility index (Phi) is 3.22. The molecule has 3 heterocycles. The summed E-state index contributed by atoms with van der Waals surface area (Å²) in [5, 5.41) is 11.4. The summed E-state index contributed by atoms with van der Waals surface area (Å²) in [6.45, 7) is 3.51. The molecule has 0 amide bonds. The Balaban J connectivity index is 1.76. The van der Waals surface area contributed by atoms with Crippen LogP contribution in [-0.2, 0) is 11.3 Å². The first-order valence-electron chi connectivity index (χ1n) is 5.75. The fourth-order valence-electron chi connectivity index (χ4n) is 2.18. The molecule has 0 radical (unpaired) electrons. The molecule has 2 aromatic heterocycles. The van der Waals surface area contributed by atoms with Gasteiger partial charge in [0.05, 0.1) is 24.9 Å². The van der Waals surface area contributed by atoms with E-state index < -0.39 is 0 Å². The SMILES string of the molecule is c1cc([C@@H]2COCCN2Cc2ccsc2)[nH]n1. The van der Waals surface area contributed by atoms with Crippen LogP contribution in [0, 0.1) is 0 Å². The number of nitrogens with one attached hydrogen (secondary N) is 1. The number of morpholine rings is 1. The number of H-pyrrole nitrogens is 1. The number of aromatic amines is 1. The van der Waals surface area contributed by atoms with Gasteiger partial charge < -0.3 is 4.74 Å². The molecule has 2 aromatic rings. The van der Waals surface area contributed by atoms with Gasteiger partial charge in [-0.15, -0.1) is 0 Å². The molecule has 0 aromatic carbocycles. The van der Waals surface area contributed by atoms with Crippen LogP contribution in [-0.4, -0.2) is 34.9 Å². The van der Waals surface area contributed by atoms with Crippen molar-refractivity contribution in [3.63, 3.8) is 0 Å². The summed E-state index contributed by atoms with van der Waals surface area (Å²) in [7, 11) is 0. The highest BCUT2D eigenvalue weighted by molar-refractivity contribution is 7.07. The monoisotopic (exact) mass is 249 g/mol. The van der Waals surface area contributed by atoms with Gasteiger partial charge in [0, 0.05) is 19.3 Å². The van der Waals surface area contributed by atoms with Gasteiger partial charge in [-0.3, -0.25) is 10.00 Å². The Hall–Kier alpha value is -1.17. The Morgan fingerprint density at radius 2 is 2.53 bits per heavy atom. The zero-order valence-electron chi connectivity index (χ0n) is 9.50. The summed E-state index contributed by atoms with van der Waals surface area (Å²) in [5.74, 6) is 0. The standard InChI is InChI=1S/C12H15N3OS/c1-3-13-14-11(1)12-8-16-5-4-15(12)7-10-2-6-17-9-10/h1-3,6,9,12H,4-5,7-8H2,(H,13,14)/t12-/m0/s1. The second-order valence-electron chi connectivity index (χ2n) is 4.20. The molecule has 1 N–H and O–H groups in total. The topological polar surface area (TPSA) is 41.1 Å². The van der Waals surface area contributed by atoms with Crippen LogP contribution < -0.4 is 0 Å². The van der Waals surface area contributed by atoms with Crippen LogP contribution in [0.4, 0.5) is 0 Å². The summed E-state index contributed by atoms with van der Waals surface area (Å²) < 4.78 is 5.57. The number of rotatable bonds is 3. The molecule has 1 saturated heterocycles. The lowest BCUT2D eigenvalue weighted by molar-refractivity contribution is -0.0142. The molecule has 1 aliphatic heterocycles. The summed E-state index contributed by atoms with van der Waals surface area (Å²) in [6.07, 6.45) is 1.80. The van der Waals surface area contributed by atoms with Crippen LogP contribution in [0.15, 0.2) is 29.1 Å². The lowest BCUT2D eigenvalue weighted by Gasteiger charge is -2.34. The molecule has 0 spiro atoms. The number of ether oxygens (including phenoxy) is 1. The zero-order valence-corrected chi connectivity index (χ0v) is 10.3. The molecule has 0 saturated carbocycles. The van der Waals surface area contributed by atoms with Crippen LogP contribution in [0.2, 0.25) is 0 Å². The number of hydrogen-bond donors (Lipinski definition) is 1. The minimum Gasteiger partial charge on any atom is -0.378 e. The number of aromatic nitrogens is 2. The maximum absolute atomic E-state index is 5.57. The second-order valence-corrected chi connectivity index (χ2v) is 4.98. The van der Waals surface area contributed by atoms with E-state index in [0.29, 0.717) is 6.04 Å². The van der Waals surface area contributed by atoms with E-state index in [1.807, 2.05) is 6.07 Å². The summed E-state index contributed by atoms with van der Waals surface area (Å²) >= 11 is 1.75. The first-order chi connectivity index (χ1) is 8.43. The fraction of sp³-hybridized carbons (Fsp3) is 0.417. The molecule has 0 aliphatic carbocycles. The van der Waals surface area contributed by atoms with Gasteiger partial charge in [-0.05, 0) is 28.5 Å². The summed E-state index contributed by atoms with van der Waals surface area (Å²) in [6, 6.07) is 4.51. The van der Waals surface area contributed by atoms with E-state index in [1.165, 1.54) is 5.56 Å². The predicted octanol–water partition coefficient (Wildman–Crippen LogP) is 2.04. The van der Waals surface area contributed by atoms with Crippen LogP contribution in [0.3, 0.4) is 0 Å². The molecule has 4 nitrogen and oxygen atoms in total. The Labute approximate surface area is 104 Å². The predicted molar refractivity (Wildman–Crippen MR) is 66.9 cm³/mol. The molecular weight excluding hydrogens is 234 g/mol. The third-order valence-electron chi connectivity index (χ3n) is 3.09. The number of hydrogen-bond acceptors (Lipinski definition) is 4. The molecular formula is C12H15N3OS. The second kappa shape index (κ2) is 5.00. The molecule has 90 valence electrons. The van der Waals surface area contributed by atoms with E-state index in [9.17, 15) is 0 Å². The number of nitrogens with zero attached hydrogens (tertiary/aromatic N) is 2. The van der Waals surface area contributed by atoms with E-state index in [1.54, 1.807) is 17.5 Å². The van der Waals surface area contributed by atoms with E-state index in [0.717, 1.165) is 32.0 Å². The van der Waals surface area contributed by atoms with E-state index >= 15 is 0 Å². The van der Waals surface area contributed by atoms with Gasteiger partial charge in [-0.25, -0.2) is 0 Å². The maximum atomic E-state index is 5.57. The highest BCUT2D eigenvalue weighted by Gasteiger charge is 2.25. The third kappa shape index (κ3) is 2.41. The summed E-state index contributed by atoms with van der Waals surface area (Å²) in [5.41, 5.74) is 2.52. The van der Waals surface area contributed by atoms with Crippen molar-refractivity contribution in [2.45, 2.75) is 12.6 Å². The normalized spacial score (nSPS) is 21.8. The fourth-order valence-corrected chi connectivity index (χ4v) is 2.84. The minimum absolute atomic E-state index is 0.297. The van der Waals surface area contributed by atoms with Gasteiger partial charge in [0.25, 0.3) is 0 Å². The van der Waals surface area contributed by atoms with Gasteiger partial charge in [0.15, 0.2) is 0 Å². The molecule has 0 unspecified atom stereocenters. The summed E-state index contributed by atoms with van der Waals surface area (Å²) in [4.78, 5) is 2.44. The maximum Gasteiger partial charge on any atom is 0.0755 e. The first-order valence-corrected chi connectivity index (χ1v) is 6.70. The molecule has 3 rings (SSSR count). The van der Waals surface area contributed by atoms with Gasteiger partial charge in [0.2, 0.25) is 0 Å². The Morgan fingerprint density at radius 3 is 3.29 bits per heavy atom. The van der Waals surface area contributed by atoms with Gasteiger partial charge >= 0.3 is 0 Å². The van der Waals surface area contributed by atoms with Gasteiger partial charge in [0.1, 0.15) is 0 Å². The molecule has 5 heteroatoms. The molecule has 17 heavy (non-hydrogen) atoms. The quantitative estimate of drug-likeness (QED) is 0.905. The van der Waals surface area contributed by atoms with Crippen molar-refractivity contribution in [2.75, 3.05) is 19.8 Å². The Morgan fingerprint density at radius 1 is 1.53 bits per heavy atom. The van der Waals surface area contributed by atoms with Crippen molar-refractivity contribution in [3.8, 4) is 0 Å². The largest absolute Gasteiger partial charge is 0.378 e. The molecule has 0 bridgehead atoms. The molecule has 1 atom stereocenters. The van der Waals surface area contributed by atoms with Crippen LogP contribution in [0.25, 0.3) is 0 Å². The van der Waals surface area contributed by atoms with Crippen LogP contribution in [0.5, 0.6) is 0 Å². The van der Waals surface area contributed by atoms with Crippen molar-refractivity contribution in [3.05, 3.63) is 40.3 Å². The molecule has 1 aliphatic rings. The van der Waals surface area contributed by atoms with Gasteiger partial charge in [-0.2, -0.15) is 16.4 Å². The average Bonchev–Trinajstić information content (AvgIpc) is 3.01. The lowest BCUT2D eigenvalue weighted by Crippen LogP contribution is -2.39. The molecule has 1 fully saturated rings. The van der Waals surface area contributed by atoms with E-state index in [2.05, 4.69) is 31.9 Å². The average molecular weight is 249 g/mol.